The first-order valence-corrected chi connectivity index (χ1v) is 10.0. The van der Waals surface area contributed by atoms with Gasteiger partial charge in [-0.3, -0.25) is 4.79 Å². The molecule has 0 radical (unpaired) electrons. The maximum absolute atomic E-state index is 13.8. The van der Waals surface area contributed by atoms with Gasteiger partial charge in [-0.05, 0) is 12.5 Å². The van der Waals surface area contributed by atoms with Crippen molar-refractivity contribution in [2.24, 2.45) is 0 Å². The minimum absolute atomic E-state index is 0.0541. The monoisotopic (exact) mass is 365 g/mol. The summed E-state index contributed by atoms with van der Waals surface area (Å²) in [6.07, 6.45) is 10.6. The van der Waals surface area contributed by atoms with Crippen molar-refractivity contribution in [3.05, 3.63) is 29.6 Å². The lowest BCUT2D eigenvalue weighted by molar-refractivity contribution is -0.126. The third-order valence-corrected chi connectivity index (χ3v) is 4.74. The lowest BCUT2D eigenvalue weighted by Crippen LogP contribution is -2.34. The zero-order valence-electron chi connectivity index (χ0n) is 15.9. The van der Waals surface area contributed by atoms with Crippen molar-refractivity contribution in [2.45, 2.75) is 70.8 Å². The summed E-state index contributed by atoms with van der Waals surface area (Å²) in [5, 5.41) is 2.92. The lowest BCUT2D eigenvalue weighted by atomic mass is 10.0. The van der Waals surface area contributed by atoms with Gasteiger partial charge in [-0.25, -0.2) is 4.39 Å². The Hall–Kier alpha value is -1.62. The van der Waals surface area contributed by atoms with E-state index in [1.54, 1.807) is 12.1 Å². The van der Waals surface area contributed by atoms with Crippen LogP contribution in [0.25, 0.3) is 0 Å². The molecule has 26 heavy (non-hydrogen) atoms. The number of fused-ring (bicyclic) bond motifs is 1. The maximum Gasteiger partial charge on any atom is 0.246 e. The molecule has 146 valence electrons. The quantitative estimate of drug-likeness (QED) is 0.535. The van der Waals surface area contributed by atoms with Crippen LogP contribution in [0.15, 0.2) is 18.2 Å². The molecule has 1 aliphatic rings. The molecule has 0 saturated heterocycles. The van der Waals surface area contributed by atoms with Gasteiger partial charge < -0.3 is 14.8 Å². The van der Waals surface area contributed by atoms with Gasteiger partial charge in [-0.2, -0.15) is 0 Å². The van der Waals surface area contributed by atoms with Crippen molar-refractivity contribution in [3.63, 3.8) is 0 Å². The molecule has 0 saturated carbocycles. The fourth-order valence-electron chi connectivity index (χ4n) is 3.28. The highest BCUT2D eigenvalue weighted by atomic mass is 19.1. The van der Waals surface area contributed by atoms with Crippen LogP contribution in [-0.2, 0) is 9.53 Å². The predicted molar refractivity (Wildman–Crippen MR) is 101 cm³/mol. The molecule has 1 aliphatic heterocycles. The molecule has 1 aromatic rings. The van der Waals surface area contributed by atoms with Crippen LogP contribution in [0.2, 0.25) is 0 Å². The Morgan fingerprint density at radius 3 is 2.69 bits per heavy atom. The summed E-state index contributed by atoms with van der Waals surface area (Å²) >= 11 is 0. The number of carbonyl (C=O) groups is 1. The van der Waals surface area contributed by atoms with Gasteiger partial charge in [0.25, 0.3) is 0 Å². The molecule has 0 fully saturated rings. The highest BCUT2D eigenvalue weighted by Gasteiger charge is 2.25. The number of carbonyl (C=O) groups excluding carboxylic acids is 1. The van der Waals surface area contributed by atoms with Gasteiger partial charge >= 0.3 is 0 Å². The molecule has 0 bridgehead atoms. The van der Waals surface area contributed by atoms with E-state index in [9.17, 15) is 9.18 Å². The largest absolute Gasteiger partial charge is 0.490 e. The number of unbranched alkanes of at least 4 members (excludes halogenated alkanes) is 7. The molecule has 0 aromatic heterocycles. The minimum Gasteiger partial charge on any atom is -0.490 e. The van der Waals surface area contributed by atoms with E-state index in [2.05, 4.69) is 12.2 Å². The first kappa shape index (κ1) is 20.7. The van der Waals surface area contributed by atoms with Crippen LogP contribution in [0.5, 0.6) is 5.75 Å². The van der Waals surface area contributed by atoms with Gasteiger partial charge in [0.15, 0.2) is 11.6 Å². The Morgan fingerprint density at radius 2 is 1.92 bits per heavy atom. The zero-order chi connectivity index (χ0) is 18.6. The summed E-state index contributed by atoms with van der Waals surface area (Å²) in [7, 11) is 0. The zero-order valence-corrected chi connectivity index (χ0v) is 15.9. The number of hydrogen-bond acceptors (Lipinski definition) is 3. The Morgan fingerprint density at radius 1 is 1.19 bits per heavy atom. The molecule has 0 aliphatic carbocycles. The van der Waals surface area contributed by atoms with Crippen LogP contribution in [0.3, 0.4) is 0 Å². The normalized spacial score (nSPS) is 16.0. The average Bonchev–Trinajstić information content (AvgIpc) is 2.64. The highest BCUT2D eigenvalue weighted by Crippen LogP contribution is 2.33. The topological polar surface area (TPSA) is 47.6 Å². The third kappa shape index (κ3) is 6.94. The number of hydrogen-bond donors (Lipinski definition) is 1. The van der Waals surface area contributed by atoms with E-state index in [0.717, 1.165) is 12.8 Å². The van der Waals surface area contributed by atoms with E-state index in [-0.39, 0.29) is 30.1 Å². The van der Waals surface area contributed by atoms with Gasteiger partial charge in [-0.15, -0.1) is 0 Å². The summed E-state index contributed by atoms with van der Waals surface area (Å²) in [5.74, 6) is -0.289. The maximum atomic E-state index is 13.8. The number of benzene rings is 1. The number of halogens is 1. The Labute approximate surface area is 156 Å². The van der Waals surface area contributed by atoms with E-state index < -0.39 is 0 Å². The molecule has 1 amide bonds. The van der Waals surface area contributed by atoms with Crippen molar-refractivity contribution in [1.29, 1.82) is 0 Å². The summed E-state index contributed by atoms with van der Waals surface area (Å²) in [6.45, 7) is 3.30. The summed E-state index contributed by atoms with van der Waals surface area (Å²) in [5.41, 5.74) is 0.702. The summed E-state index contributed by atoms with van der Waals surface area (Å²) < 4.78 is 24.6. The number of ether oxygens (including phenoxy) is 2. The van der Waals surface area contributed by atoms with Crippen LogP contribution in [0, 0.1) is 5.82 Å². The molecule has 1 N–H and O–H groups in total. The minimum atomic E-state index is -0.382. The van der Waals surface area contributed by atoms with E-state index in [1.807, 2.05) is 0 Å². The molecular weight excluding hydrogens is 333 g/mol. The fraction of sp³-hybridized carbons (Fsp3) is 0.667. The van der Waals surface area contributed by atoms with Crippen LogP contribution < -0.4 is 10.1 Å². The number of rotatable bonds is 12. The van der Waals surface area contributed by atoms with E-state index in [1.165, 1.54) is 44.6 Å². The molecule has 5 heteroatoms. The number of para-hydroxylation sites is 1. The second-order valence-corrected chi connectivity index (χ2v) is 6.94. The second-order valence-electron chi connectivity index (χ2n) is 6.94. The van der Waals surface area contributed by atoms with Crippen LogP contribution in [-0.4, -0.2) is 25.7 Å². The van der Waals surface area contributed by atoms with Gasteiger partial charge in [0, 0.05) is 18.6 Å². The Bertz CT molecular complexity index is 550. The first-order valence-electron chi connectivity index (χ1n) is 10.0. The van der Waals surface area contributed by atoms with E-state index in [0.29, 0.717) is 25.2 Å². The van der Waals surface area contributed by atoms with Gasteiger partial charge in [-0.1, -0.05) is 64.0 Å². The molecule has 1 atom stereocenters. The van der Waals surface area contributed by atoms with Gasteiger partial charge in [0.2, 0.25) is 5.91 Å². The van der Waals surface area contributed by atoms with Crippen LogP contribution >= 0.6 is 0 Å². The first-order chi connectivity index (χ1) is 12.7. The van der Waals surface area contributed by atoms with Crippen molar-refractivity contribution in [1.82, 2.24) is 5.32 Å². The standard InChI is InChI=1S/C21H32FNO3/c1-2-3-4-5-6-7-8-9-14-25-16-20(24)23-19-13-15-26-21-17(19)11-10-12-18(21)22/h10-12,19H,2-9,13-16H2,1H3,(H,23,24)/t19-/m1/s1. The Kier molecular flexibility index (Phi) is 9.46. The fourth-order valence-corrected chi connectivity index (χ4v) is 3.28. The molecule has 0 spiro atoms. The van der Waals surface area contributed by atoms with Crippen LogP contribution in [0.4, 0.5) is 4.39 Å². The molecule has 2 rings (SSSR count). The Balaban J connectivity index is 1.57. The SMILES string of the molecule is CCCCCCCCCCOCC(=O)N[C@@H]1CCOc2c(F)cccc21. The van der Waals surface area contributed by atoms with Crippen molar-refractivity contribution < 1.29 is 18.7 Å². The van der Waals surface area contributed by atoms with E-state index >= 15 is 0 Å². The van der Waals surface area contributed by atoms with Gasteiger partial charge in [0.05, 0.1) is 12.6 Å². The van der Waals surface area contributed by atoms with Crippen molar-refractivity contribution >= 4 is 5.91 Å². The molecular formula is C21H32FNO3. The van der Waals surface area contributed by atoms with Crippen molar-refractivity contribution in [3.8, 4) is 5.75 Å². The number of amides is 1. The lowest BCUT2D eigenvalue weighted by Gasteiger charge is -2.26. The van der Waals surface area contributed by atoms with Crippen molar-refractivity contribution in [2.75, 3.05) is 19.8 Å². The molecule has 0 unspecified atom stereocenters. The van der Waals surface area contributed by atoms with E-state index in [4.69, 9.17) is 9.47 Å². The van der Waals surface area contributed by atoms with Gasteiger partial charge in [0.1, 0.15) is 6.61 Å². The highest BCUT2D eigenvalue weighted by molar-refractivity contribution is 5.77. The molecule has 1 heterocycles. The summed E-state index contributed by atoms with van der Waals surface area (Å²) in [6, 6.07) is 4.59. The van der Waals surface area contributed by atoms with Crippen LogP contribution in [0.1, 0.15) is 76.3 Å². The second kappa shape index (κ2) is 11.9. The summed E-state index contributed by atoms with van der Waals surface area (Å²) in [4.78, 5) is 12.1. The molecule has 1 aromatic carbocycles. The smallest absolute Gasteiger partial charge is 0.246 e. The predicted octanol–water partition coefficient (Wildman–Crippen LogP) is 4.92. The third-order valence-electron chi connectivity index (χ3n) is 4.74. The molecule has 4 nitrogen and oxygen atoms in total. The number of nitrogens with one attached hydrogen (secondary N) is 1. The average molecular weight is 365 g/mol.